The van der Waals surface area contributed by atoms with E-state index in [1.807, 2.05) is 30.3 Å². The third kappa shape index (κ3) is 5.09. The second-order valence-corrected chi connectivity index (χ2v) is 4.67. The molecule has 2 aromatic carbocycles. The monoisotopic (exact) mass is 303 g/mol. The van der Waals surface area contributed by atoms with Crippen LogP contribution in [0, 0.1) is 5.82 Å². The largest absolute Gasteiger partial charge is 0.492 e. The Morgan fingerprint density at radius 2 is 1.86 bits per heavy atom. The van der Waals surface area contributed by atoms with Crippen molar-refractivity contribution in [1.82, 2.24) is 5.32 Å². The number of rotatable bonds is 7. The summed E-state index contributed by atoms with van der Waals surface area (Å²) < 4.78 is 23.9. The van der Waals surface area contributed by atoms with Crippen LogP contribution >= 0.6 is 0 Å². The van der Waals surface area contributed by atoms with Crippen LogP contribution in [0.1, 0.15) is 6.92 Å². The fraction of sp³-hybridized carbons (Fsp3) is 0.235. The molecule has 22 heavy (non-hydrogen) atoms. The van der Waals surface area contributed by atoms with Crippen LogP contribution < -0.4 is 14.8 Å². The number of benzene rings is 2. The van der Waals surface area contributed by atoms with Crippen LogP contribution in [-0.4, -0.2) is 25.2 Å². The fourth-order valence-corrected chi connectivity index (χ4v) is 1.80. The fourth-order valence-electron chi connectivity index (χ4n) is 1.80. The van der Waals surface area contributed by atoms with E-state index < -0.39 is 11.9 Å². The van der Waals surface area contributed by atoms with Gasteiger partial charge in [-0.2, -0.15) is 0 Å². The first-order valence-corrected chi connectivity index (χ1v) is 7.03. The number of hydrogen-bond acceptors (Lipinski definition) is 3. The molecule has 2 rings (SSSR count). The lowest BCUT2D eigenvalue weighted by Gasteiger charge is -2.15. The highest BCUT2D eigenvalue weighted by atomic mass is 19.1. The van der Waals surface area contributed by atoms with Crippen LogP contribution in [-0.2, 0) is 4.79 Å². The zero-order valence-corrected chi connectivity index (χ0v) is 12.3. The summed E-state index contributed by atoms with van der Waals surface area (Å²) in [7, 11) is 0. The molecule has 0 saturated carbocycles. The lowest BCUT2D eigenvalue weighted by Crippen LogP contribution is -2.38. The van der Waals surface area contributed by atoms with Gasteiger partial charge in [-0.25, -0.2) is 4.39 Å². The Balaban J connectivity index is 1.70. The van der Waals surface area contributed by atoms with E-state index in [1.165, 1.54) is 18.2 Å². The first kappa shape index (κ1) is 15.8. The van der Waals surface area contributed by atoms with Gasteiger partial charge in [-0.05, 0) is 31.2 Å². The van der Waals surface area contributed by atoms with Gasteiger partial charge in [0.2, 0.25) is 0 Å². The van der Waals surface area contributed by atoms with Gasteiger partial charge in [-0.15, -0.1) is 0 Å². The molecule has 0 aromatic heterocycles. The molecule has 0 saturated heterocycles. The Hall–Kier alpha value is -2.56. The number of ether oxygens (including phenoxy) is 2. The van der Waals surface area contributed by atoms with Gasteiger partial charge in [0.15, 0.2) is 6.10 Å². The van der Waals surface area contributed by atoms with E-state index in [1.54, 1.807) is 13.0 Å². The molecule has 2 aromatic rings. The third-order valence-electron chi connectivity index (χ3n) is 2.89. The van der Waals surface area contributed by atoms with E-state index in [-0.39, 0.29) is 5.91 Å². The summed E-state index contributed by atoms with van der Waals surface area (Å²) in [5.41, 5.74) is 0. The molecule has 0 spiro atoms. The Bertz CT molecular complexity index is 604. The summed E-state index contributed by atoms with van der Waals surface area (Å²) in [6, 6.07) is 15.0. The Morgan fingerprint density at radius 1 is 1.14 bits per heavy atom. The van der Waals surface area contributed by atoms with E-state index in [4.69, 9.17) is 9.47 Å². The maximum Gasteiger partial charge on any atom is 0.260 e. The van der Waals surface area contributed by atoms with E-state index in [9.17, 15) is 9.18 Å². The molecule has 5 heteroatoms. The third-order valence-corrected chi connectivity index (χ3v) is 2.89. The first-order chi connectivity index (χ1) is 10.6. The molecule has 1 amide bonds. The van der Waals surface area contributed by atoms with Crippen molar-refractivity contribution in [2.75, 3.05) is 13.2 Å². The number of carbonyl (C=O) groups excluding carboxylic acids is 1. The Morgan fingerprint density at radius 3 is 2.59 bits per heavy atom. The Kier molecular flexibility index (Phi) is 5.77. The summed E-state index contributed by atoms with van der Waals surface area (Å²) in [5.74, 6) is 0.395. The van der Waals surface area contributed by atoms with Crippen molar-refractivity contribution in [2.24, 2.45) is 0 Å². The summed E-state index contributed by atoms with van der Waals surface area (Å²) in [4.78, 5) is 11.9. The highest BCUT2D eigenvalue weighted by molar-refractivity contribution is 5.80. The van der Waals surface area contributed by atoms with Crippen LogP contribution in [0.3, 0.4) is 0 Å². The Labute approximate surface area is 128 Å². The summed E-state index contributed by atoms with van der Waals surface area (Å²) >= 11 is 0. The minimum Gasteiger partial charge on any atom is -0.492 e. The number of halogens is 1. The standard InChI is InChI=1S/C17H18FNO3/c1-13(22-16-9-5-6-14(18)12-16)17(20)19-10-11-21-15-7-3-2-4-8-15/h2-9,12-13H,10-11H2,1H3,(H,19,20)/t13-/m1/s1. The lowest BCUT2D eigenvalue weighted by molar-refractivity contribution is -0.127. The van der Waals surface area contributed by atoms with Crippen molar-refractivity contribution in [3.05, 3.63) is 60.4 Å². The predicted octanol–water partition coefficient (Wildman–Crippen LogP) is 2.79. The van der Waals surface area contributed by atoms with Gasteiger partial charge in [0.1, 0.15) is 23.9 Å². The molecule has 0 aliphatic carbocycles. The molecule has 0 bridgehead atoms. The van der Waals surface area contributed by atoms with Gasteiger partial charge in [-0.3, -0.25) is 4.79 Å². The van der Waals surface area contributed by atoms with Crippen molar-refractivity contribution in [3.8, 4) is 11.5 Å². The summed E-state index contributed by atoms with van der Waals surface area (Å²) in [6.45, 7) is 2.34. The number of nitrogens with one attached hydrogen (secondary N) is 1. The highest BCUT2D eigenvalue weighted by Crippen LogP contribution is 2.13. The predicted molar refractivity (Wildman–Crippen MR) is 81.4 cm³/mol. The maximum absolute atomic E-state index is 13.0. The molecular weight excluding hydrogens is 285 g/mol. The molecule has 0 fully saturated rings. The van der Waals surface area contributed by atoms with Gasteiger partial charge < -0.3 is 14.8 Å². The zero-order chi connectivity index (χ0) is 15.8. The SMILES string of the molecule is C[C@@H](Oc1cccc(F)c1)C(=O)NCCOc1ccccc1. The first-order valence-electron chi connectivity index (χ1n) is 7.03. The van der Waals surface area contributed by atoms with E-state index in [0.29, 0.717) is 18.9 Å². The van der Waals surface area contributed by atoms with Crippen LogP contribution in [0.15, 0.2) is 54.6 Å². The van der Waals surface area contributed by atoms with Crippen molar-refractivity contribution in [3.63, 3.8) is 0 Å². The molecule has 116 valence electrons. The number of amides is 1. The second kappa shape index (κ2) is 8.02. The zero-order valence-electron chi connectivity index (χ0n) is 12.3. The minimum atomic E-state index is -0.710. The van der Waals surface area contributed by atoms with Gasteiger partial charge in [0.25, 0.3) is 5.91 Å². The number of carbonyl (C=O) groups is 1. The van der Waals surface area contributed by atoms with Gasteiger partial charge in [0, 0.05) is 6.07 Å². The highest BCUT2D eigenvalue weighted by Gasteiger charge is 2.14. The average Bonchev–Trinajstić information content (AvgIpc) is 2.52. The molecule has 0 aliphatic heterocycles. The van der Waals surface area contributed by atoms with Crippen molar-refractivity contribution < 1.29 is 18.7 Å². The van der Waals surface area contributed by atoms with Crippen molar-refractivity contribution >= 4 is 5.91 Å². The molecule has 0 heterocycles. The number of para-hydroxylation sites is 1. The second-order valence-electron chi connectivity index (χ2n) is 4.67. The molecule has 1 N–H and O–H groups in total. The number of hydrogen-bond donors (Lipinski definition) is 1. The molecular formula is C17H18FNO3. The van der Waals surface area contributed by atoms with Crippen LogP contribution in [0.2, 0.25) is 0 Å². The summed E-state index contributed by atoms with van der Waals surface area (Å²) in [6.07, 6.45) is -0.710. The van der Waals surface area contributed by atoms with Crippen LogP contribution in [0.25, 0.3) is 0 Å². The van der Waals surface area contributed by atoms with E-state index in [2.05, 4.69) is 5.32 Å². The van der Waals surface area contributed by atoms with Gasteiger partial charge >= 0.3 is 0 Å². The topological polar surface area (TPSA) is 47.6 Å². The molecule has 0 aliphatic rings. The van der Waals surface area contributed by atoms with Crippen molar-refractivity contribution in [1.29, 1.82) is 0 Å². The van der Waals surface area contributed by atoms with Crippen LogP contribution in [0.4, 0.5) is 4.39 Å². The summed E-state index contributed by atoms with van der Waals surface area (Å²) in [5, 5.41) is 2.70. The molecule has 1 atom stereocenters. The van der Waals surface area contributed by atoms with E-state index >= 15 is 0 Å². The quantitative estimate of drug-likeness (QED) is 0.800. The van der Waals surface area contributed by atoms with Crippen LogP contribution in [0.5, 0.6) is 11.5 Å². The van der Waals surface area contributed by atoms with Crippen molar-refractivity contribution in [2.45, 2.75) is 13.0 Å². The van der Waals surface area contributed by atoms with Gasteiger partial charge in [0.05, 0.1) is 6.54 Å². The lowest BCUT2D eigenvalue weighted by atomic mass is 10.3. The average molecular weight is 303 g/mol. The minimum absolute atomic E-state index is 0.277. The van der Waals surface area contributed by atoms with E-state index in [0.717, 1.165) is 5.75 Å². The molecule has 4 nitrogen and oxygen atoms in total. The smallest absolute Gasteiger partial charge is 0.260 e. The normalized spacial score (nSPS) is 11.5. The maximum atomic E-state index is 13.0. The van der Waals surface area contributed by atoms with Gasteiger partial charge in [-0.1, -0.05) is 24.3 Å². The molecule has 0 radical (unpaired) electrons. The molecule has 0 unspecified atom stereocenters.